The lowest BCUT2D eigenvalue weighted by molar-refractivity contribution is -0.137. The molecule has 1 aromatic rings. The van der Waals surface area contributed by atoms with E-state index in [1.807, 2.05) is 6.92 Å². The second kappa shape index (κ2) is 6.45. The molecule has 106 valence electrons. The molecule has 0 bridgehead atoms. The van der Waals surface area contributed by atoms with Crippen molar-refractivity contribution in [1.82, 2.24) is 0 Å². The van der Waals surface area contributed by atoms with Gasteiger partial charge in [0.25, 0.3) is 0 Å². The zero-order valence-electron chi connectivity index (χ0n) is 10.5. The van der Waals surface area contributed by atoms with Crippen molar-refractivity contribution in [2.75, 3.05) is 6.61 Å². The molecule has 0 aliphatic heterocycles. The van der Waals surface area contributed by atoms with Gasteiger partial charge in [-0.1, -0.05) is 19.8 Å². The maximum Gasteiger partial charge on any atom is 0.416 e. The molecule has 1 aromatic carbocycles. The van der Waals surface area contributed by atoms with Gasteiger partial charge in [-0.15, -0.1) is 0 Å². The molecule has 0 radical (unpaired) electrons. The number of aromatic carboxylic acids is 1. The Labute approximate surface area is 109 Å². The first-order valence-corrected chi connectivity index (χ1v) is 5.93. The molecule has 0 aliphatic carbocycles. The Bertz CT molecular complexity index is 441. The van der Waals surface area contributed by atoms with Crippen molar-refractivity contribution < 1.29 is 27.8 Å². The highest BCUT2D eigenvalue weighted by atomic mass is 19.4. The summed E-state index contributed by atoms with van der Waals surface area (Å²) in [7, 11) is 0. The lowest BCUT2D eigenvalue weighted by Gasteiger charge is -2.12. The van der Waals surface area contributed by atoms with Crippen LogP contribution in [0.2, 0.25) is 0 Å². The number of benzene rings is 1. The van der Waals surface area contributed by atoms with E-state index in [-0.39, 0.29) is 17.9 Å². The molecule has 6 heteroatoms. The Hall–Kier alpha value is -1.72. The van der Waals surface area contributed by atoms with Crippen LogP contribution >= 0.6 is 0 Å². The van der Waals surface area contributed by atoms with Crippen LogP contribution in [0.15, 0.2) is 18.2 Å². The van der Waals surface area contributed by atoms with Crippen molar-refractivity contribution in [3.8, 4) is 5.75 Å². The smallest absolute Gasteiger partial charge is 0.416 e. The number of unbranched alkanes of at least 4 members (excludes halogenated alkanes) is 2. The van der Waals surface area contributed by atoms with Gasteiger partial charge in [0.05, 0.1) is 12.2 Å². The third kappa shape index (κ3) is 4.46. The predicted molar refractivity (Wildman–Crippen MR) is 63.4 cm³/mol. The quantitative estimate of drug-likeness (QED) is 0.799. The topological polar surface area (TPSA) is 46.5 Å². The van der Waals surface area contributed by atoms with Crippen molar-refractivity contribution >= 4 is 5.97 Å². The molecule has 1 N–H and O–H groups in total. The lowest BCUT2D eigenvalue weighted by atomic mass is 10.1. The molecule has 0 aromatic heterocycles. The van der Waals surface area contributed by atoms with Crippen molar-refractivity contribution in [3.05, 3.63) is 29.3 Å². The van der Waals surface area contributed by atoms with Crippen LogP contribution in [-0.2, 0) is 6.18 Å². The highest BCUT2D eigenvalue weighted by Gasteiger charge is 2.31. The number of carboxylic acids is 1. The van der Waals surface area contributed by atoms with E-state index >= 15 is 0 Å². The van der Waals surface area contributed by atoms with Gasteiger partial charge in [0.2, 0.25) is 0 Å². The van der Waals surface area contributed by atoms with Gasteiger partial charge in [-0.2, -0.15) is 13.2 Å². The highest BCUT2D eigenvalue weighted by Crippen LogP contribution is 2.33. The van der Waals surface area contributed by atoms with E-state index in [9.17, 15) is 18.0 Å². The number of hydrogen-bond acceptors (Lipinski definition) is 2. The standard InChI is InChI=1S/C13H15F3O3/c1-2-3-4-7-19-11-8-9(13(14,15)16)5-6-10(11)12(17)18/h5-6,8H,2-4,7H2,1H3,(H,17,18). The van der Waals surface area contributed by atoms with Crippen LogP contribution in [0.5, 0.6) is 5.75 Å². The van der Waals surface area contributed by atoms with Crippen molar-refractivity contribution in [2.24, 2.45) is 0 Å². The maximum atomic E-state index is 12.5. The minimum atomic E-state index is -4.52. The summed E-state index contributed by atoms with van der Waals surface area (Å²) in [5, 5.41) is 8.90. The summed E-state index contributed by atoms with van der Waals surface area (Å²) in [6.45, 7) is 2.18. The van der Waals surface area contributed by atoms with Crippen LogP contribution in [-0.4, -0.2) is 17.7 Å². The van der Waals surface area contributed by atoms with Crippen molar-refractivity contribution in [2.45, 2.75) is 32.4 Å². The van der Waals surface area contributed by atoms with Crippen LogP contribution in [0, 0.1) is 0 Å². The second-order valence-corrected chi connectivity index (χ2v) is 4.07. The largest absolute Gasteiger partial charge is 0.493 e. The summed E-state index contributed by atoms with van der Waals surface area (Å²) >= 11 is 0. The SMILES string of the molecule is CCCCCOc1cc(C(F)(F)F)ccc1C(=O)O. The van der Waals surface area contributed by atoms with E-state index in [0.717, 1.165) is 31.0 Å². The number of halogens is 3. The number of carboxylic acid groups (broad SMARTS) is 1. The van der Waals surface area contributed by atoms with Gasteiger partial charge < -0.3 is 9.84 Å². The first-order chi connectivity index (χ1) is 8.86. The van der Waals surface area contributed by atoms with Gasteiger partial charge in [-0.05, 0) is 24.6 Å². The fourth-order valence-corrected chi connectivity index (χ4v) is 1.53. The number of ether oxygens (including phenoxy) is 1. The summed E-state index contributed by atoms with van der Waals surface area (Å²) in [4.78, 5) is 10.9. The molecule has 19 heavy (non-hydrogen) atoms. The summed E-state index contributed by atoms with van der Waals surface area (Å²) in [5.41, 5.74) is -1.17. The third-order valence-electron chi connectivity index (χ3n) is 2.54. The van der Waals surface area contributed by atoms with E-state index < -0.39 is 17.7 Å². The Balaban J connectivity index is 2.93. The summed E-state index contributed by atoms with van der Waals surface area (Å²) in [5.74, 6) is -1.54. The molecule has 0 heterocycles. The van der Waals surface area contributed by atoms with Crippen LogP contribution in [0.3, 0.4) is 0 Å². The molecule has 3 nitrogen and oxygen atoms in total. The molecule has 0 atom stereocenters. The normalized spacial score (nSPS) is 11.4. The minimum Gasteiger partial charge on any atom is -0.493 e. The zero-order chi connectivity index (χ0) is 14.5. The van der Waals surface area contributed by atoms with Gasteiger partial charge >= 0.3 is 12.1 Å². The van der Waals surface area contributed by atoms with Crippen LogP contribution in [0.1, 0.15) is 42.1 Å². The minimum absolute atomic E-state index is 0.204. The van der Waals surface area contributed by atoms with Crippen LogP contribution < -0.4 is 4.74 Å². The Morgan fingerprint density at radius 1 is 1.32 bits per heavy atom. The van der Waals surface area contributed by atoms with Gasteiger partial charge in [0, 0.05) is 0 Å². The Morgan fingerprint density at radius 2 is 2.00 bits per heavy atom. The van der Waals surface area contributed by atoms with E-state index in [4.69, 9.17) is 9.84 Å². The molecule has 0 unspecified atom stereocenters. The molecule has 0 spiro atoms. The van der Waals surface area contributed by atoms with E-state index in [1.165, 1.54) is 0 Å². The van der Waals surface area contributed by atoms with E-state index in [1.54, 1.807) is 0 Å². The zero-order valence-corrected chi connectivity index (χ0v) is 10.5. The fraction of sp³-hybridized carbons (Fsp3) is 0.462. The first-order valence-electron chi connectivity index (χ1n) is 5.93. The van der Waals surface area contributed by atoms with Crippen molar-refractivity contribution in [1.29, 1.82) is 0 Å². The first kappa shape index (κ1) is 15.3. The molecular weight excluding hydrogens is 261 g/mol. The molecule has 0 amide bonds. The number of carbonyl (C=O) groups is 1. The number of rotatable bonds is 6. The molecule has 0 fully saturated rings. The van der Waals surface area contributed by atoms with Gasteiger partial charge in [0.1, 0.15) is 11.3 Å². The Kier molecular flexibility index (Phi) is 5.20. The van der Waals surface area contributed by atoms with Gasteiger partial charge in [0.15, 0.2) is 0 Å². The van der Waals surface area contributed by atoms with Gasteiger partial charge in [-0.25, -0.2) is 4.79 Å². The fourth-order valence-electron chi connectivity index (χ4n) is 1.53. The molecule has 1 rings (SSSR count). The summed E-state index contributed by atoms with van der Waals surface area (Å²) in [6, 6.07) is 2.39. The second-order valence-electron chi connectivity index (χ2n) is 4.07. The third-order valence-corrected chi connectivity index (χ3v) is 2.54. The lowest BCUT2D eigenvalue weighted by Crippen LogP contribution is -2.09. The molecule has 0 saturated heterocycles. The van der Waals surface area contributed by atoms with Crippen LogP contribution in [0.25, 0.3) is 0 Å². The monoisotopic (exact) mass is 276 g/mol. The number of alkyl halides is 3. The van der Waals surface area contributed by atoms with E-state index in [2.05, 4.69) is 0 Å². The maximum absolute atomic E-state index is 12.5. The number of hydrogen-bond donors (Lipinski definition) is 1. The van der Waals surface area contributed by atoms with Gasteiger partial charge in [-0.3, -0.25) is 0 Å². The Morgan fingerprint density at radius 3 is 2.53 bits per heavy atom. The molecule has 0 aliphatic rings. The van der Waals surface area contributed by atoms with E-state index in [0.29, 0.717) is 6.42 Å². The average molecular weight is 276 g/mol. The van der Waals surface area contributed by atoms with Crippen molar-refractivity contribution in [3.63, 3.8) is 0 Å². The highest BCUT2D eigenvalue weighted by molar-refractivity contribution is 5.91. The molecule has 0 saturated carbocycles. The predicted octanol–water partition coefficient (Wildman–Crippen LogP) is 3.97. The average Bonchev–Trinajstić information content (AvgIpc) is 2.33. The molecular formula is C13H15F3O3. The van der Waals surface area contributed by atoms with Crippen LogP contribution in [0.4, 0.5) is 13.2 Å². The summed E-state index contributed by atoms with van der Waals surface area (Å²) in [6.07, 6.45) is -2.02. The summed E-state index contributed by atoms with van der Waals surface area (Å²) < 4.78 is 42.8.